The first-order valence-corrected chi connectivity index (χ1v) is 9.03. The third-order valence-corrected chi connectivity index (χ3v) is 5.59. The maximum absolute atomic E-state index is 13.8. The van der Waals surface area contributed by atoms with E-state index < -0.39 is 0 Å². The number of thioether (sulfide) groups is 1. The minimum atomic E-state index is -0.360. The largest absolute Gasteiger partial charge is 0.313 e. The van der Waals surface area contributed by atoms with E-state index >= 15 is 0 Å². The zero-order valence-corrected chi connectivity index (χ0v) is 13.5. The van der Waals surface area contributed by atoms with Crippen molar-refractivity contribution in [2.24, 2.45) is 0 Å². The summed E-state index contributed by atoms with van der Waals surface area (Å²) >= 11 is 2.00. The molecular formula is C17H25F2NS. The molecule has 2 rings (SSSR count). The molecule has 4 heteroatoms. The van der Waals surface area contributed by atoms with Crippen molar-refractivity contribution in [1.82, 2.24) is 5.32 Å². The molecule has 1 N–H and O–H groups in total. The average molecular weight is 313 g/mol. The quantitative estimate of drug-likeness (QED) is 0.792. The fourth-order valence-electron chi connectivity index (χ4n) is 2.93. The van der Waals surface area contributed by atoms with Crippen molar-refractivity contribution in [1.29, 1.82) is 0 Å². The molecule has 0 aromatic heterocycles. The number of halogens is 2. The highest BCUT2D eigenvalue weighted by atomic mass is 32.2. The van der Waals surface area contributed by atoms with Gasteiger partial charge in [-0.1, -0.05) is 26.2 Å². The second kappa shape index (κ2) is 8.74. The Morgan fingerprint density at radius 1 is 1.24 bits per heavy atom. The van der Waals surface area contributed by atoms with E-state index in [4.69, 9.17) is 0 Å². The van der Waals surface area contributed by atoms with Crippen molar-refractivity contribution in [3.63, 3.8) is 0 Å². The van der Waals surface area contributed by atoms with Gasteiger partial charge in [0.2, 0.25) is 0 Å². The molecule has 0 saturated heterocycles. The normalized spacial score (nSPS) is 17.9. The maximum atomic E-state index is 13.8. The monoisotopic (exact) mass is 313 g/mol. The van der Waals surface area contributed by atoms with E-state index in [9.17, 15) is 8.78 Å². The molecule has 1 atom stereocenters. The maximum Gasteiger partial charge on any atom is 0.126 e. The second-order valence-corrected chi connectivity index (χ2v) is 7.12. The molecule has 21 heavy (non-hydrogen) atoms. The lowest BCUT2D eigenvalue weighted by Crippen LogP contribution is -2.34. The van der Waals surface area contributed by atoms with Gasteiger partial charge in [-0.05, 0) is 49.6 Å². The second-order valence-electron chi connectivity index (χ2n) is 5.79. The zero-order valence-electron chi connectivity index (χ0n) is 12.7. The average Bonchev–Trinajstić information content (AvgIpc) is 2.50. The van der Waals surface area contributed by atoms with Crippen LogP contribution in [0.1, 0.15) is 44.6 Å². The van der Waals surface area contributed by atoms with Gasteiger partial charge in [0, 0.05) is 17.0 Å². The van der Waals surface area contributed by atoms with E-state index in [2.05, 4.69) is 12.2 Å². The highest BCUT2D eigenvalue weighted by Crippen LogP contribution is 2.29. The summed E-state index contributed by atoms with van der Waals surface area (Å²) in [6, 6.07) is 3.93. The van der Waals surface area contributed by atoms with Crippen molar-refractivity contribution in [2.45, 2.75) is 56.7 Å². The molecule has 1 saturated carbocycles. The van der Waals surface area contributed by atoms with Crippen LogP contribution in [0.3, 0.4) is 0 Å². The minimum Gasteiger partial charge on any atom is -0.313 e. The van der Waals surface area contributed by atoms with Crippen LogP contribution in [-0.2, 0) is 6.42 Å². The predicted molar refractivity (Wildman–Crippen MR) is 86.9 cm³/mol. The summed E-state index contributed by atoms with van der Waals surface area (Å²) in [5, 5.41) is 4.15. The topological polar surface area (TPSA) is 12.0 Å². The Kier molecular flexibility index (Phi) is 6.97. The summed E-state index contributed by atoms with van der Waals surface area (Å²) < 4.78 is 27.0. The number of likely N-dealkylation sites (N-methyl/N-ethyl adjacent to an activating group) is 1. The van der Waals surface area contributed by atoms with Gasteiger partial charge in [0.25, 0.3) is 0 Å². The first kappa shape index (κ1) is 16.8. The number of hydrogen-bond donors (Lipinski definition) is 1. The number of nitrogens with one attached hydrogen (secondary N) is 1. The van der Waals surface area contributed by atoms with Gasteiger partial charge >= 0.3 is 0 Å². The highest BCUT2D eigenvalue weighted by Gasteiger charge is 2.18. The molecule has 1 aromatic rings. The van der Waals surface area contributed by atoms with Crippen LogP contribution >= 0.6 is 11.8 Å². The van der Waals surface area contributed by atoms with Gasteiger partial charge in [0.15, 0.2) is 0 Å². The summed E-state index contributed by atoms with van der Waals surface area (Å²) in [5.74, 6) is 0.303. The number of rotatable bonds is 7. The Hall–Kier alpha value is -0.610. The summed E-state index contributed by atoms with van der Waals surface area (Å²) in [6.07, 6.45) is 7.19. The Balaban J connectivity index is 1.89. The van der Waals surface area contributed by atoms with Gasteiger partial charge in [-0.25, -0.2) is 8.78 Å². The van der Waals surface area contributed by atoms with Crippen LogP contribution in [0.5, 0.6) is 0 Å². The molecule has 1 fully saturated rings. The Bertz CT molecular complexity index is 433. The Morgan fingerprint density at radius 3 is 2.71 bits per heavy atom. The summed E-state index contributed by atoms with van der Waals surface area (Å²) in [4.78, 5) is 0. The van der Waals surface area contributed by atoms with Crippen LogP contribution in [0.2, 0.25) is 0 Å². The van der Waals surface area contributed by atoms with Crippen LogP contribution in [0.4, 0.5) is 8.78 Å². The van der Waals surface area contributed by atoms with Crippen LogP contribution in [0.15, 0.2) is 18.2 Å². The van der Waals surface area contributed by atoms with Crippen LogP contribution < -0.4 is 5.32 Å². The first-order valence-electron chi connectivity index (χ1n) is 7.98. The zero-order chi connectivity index (χ0) is 15.1. The van der Waals surface area contributed by atoms with Gasteiger partial charge in [-0.15, -0.1) is 0 Å². The van der Waals surface area contributed by atoms with Crippen molar-refractivity contribution in [3.05, 3.63) is 35.4 Å². The van der Waals surface area contributed by atoms with Crippen LogP contribution in [0.25, 0.3) is 0 Å². The lowest BCUT2D eigenvalue weighted by Gasteiger charge is -2.24. The first-order chi connectivity index (χ1) is 10.2. The van der Waals surface area contributed by atoms with E-state index in [1.165, 1.54) is 50.3 Å². The number of hydrogen-bond acceptors (Lipinski definition) is 2. The molecule has 1 aliphatic carbocycles. The van der Waals surface area contributed by atoms with Gasteiger partial charge in [-0.2, -0.15) is 11.8 Å². The standard InChI is InChI=1S/C17H25F2NS/c1-2-20-15(12-21-16-6-4-3-5-7-16)11-13-10-14(18)8-9-17(13)19/h8-10,15-16,20H,2-7,11-12H2,1H3. The molecule has 118 valence electrons. The molecule has 0 bridgehead atoms. The van der Waals surface area contributed by atoms with Crippen LogP contribution in [0, 0.1) is 11.6 Å². The SMILES string of the molecule is CCNC(CSC1CCCCC1)Cc1cc(F)ccc1F. The fourth-order valence-corrected chi connectivity index (χ4v) is 4.33. The highest BCUT2D eigenvalue weighted by molar-refractivity contribution is 7.99. The Morgan fingerprint density at radius 2 is 2.00 bits per heavy atom. The molecule has 0 radical (unpaired) electrons. The van der Waals surface area contributed by atoms with Crippen molar-refractivity contribution < 1.29 is 8.78 Å². The predicted octanol–water partition coefficient (Wildman–Crippen LogP) is 4.55. The molecule has 1 aromatic carbocycles. The summed E-state index contributed by atoms with van der Waals surface area (Å²) in [7, 11) is 0. The minimum absolute atomic E-state index is 0.207. The van der Waals surface area contributed by atoms with Gasteiger partial charge in [-0.3, -0.25) is 0 Å². The molecule has 0 aliphatic heterocycles. The third-order valence-electron chi connectivity index (χ3n) is 4.05. The van der Waals surface area contributed by atoms with Gasteiger partial charge in [0.1, 0.15) is 11.6 Å². The van der Waals surface area contributed by atoms with E-state index in [0.29, 0.717) is 12.0 Å². The lowest BCUT2D eigenvalue weighted by atomic mass is 10.0. The molecular weight excluding hydrogens is 288 g/mol. The molecule has 0 heterocycles. The van der Waals surface area contributed by atoms with Crippen molar-refractivity contribution in [3.8, 4) is 0 Å². The van der Waals surface area contributed by atoms with E-state index in [-0.39, 0.29) is 17.7 Å². The van der Waals surface area contributed by atoms with E-state index in [1.54, 1.807) is 0 Å². The summed E-state index contributed by atoms with van der Waals surface area (Å²) in [6.45, 7) is 2.91. The van der Waals surface area contributed by atoms with E-state index in [0.717, 1.165) is 17.5 Å². The molecule has 1 aliphatic rings. The molecule has 1 unspecified atom stereocenters. The summed E-state index contributed by atoms with van der Waals surface area (Å²) in [5.41, 5.74) is 0.477. The molecule has 0 amide bonds. The van der Waals surface area contributed by atoms with Crippen molar-refractivity contribution in [2.75, 3.05) is 12.3 Å². The smallest absolute Gasteiger partial charge is 0.126 e. The Labute approximate surface area is 130 Å². The fraction of sp³-hybridized carbons (Fsp3) is 0.647. The van der Waals surface area contributed by atoms with Gasteiger partial charge < -0.3 is 5.32 Å². The van der Waals surface area contributed by atoms with Gasteiger partial charge in [0.05, 0.1) is 0 Å². The molecule has 0 spiro atoms. The van der Waals surface area contributed by atoms with Crippen LogP contribution in [-0.4, -0.2) is 23.6 Å². The third kappa shape index (κ3) is 5.59. The number of benzene rings is 1. The molecule has 1 nitrogen and oxygen atoms in total. The lowest BCUT2D eigenvalue weighted by molar-refractivity contribution is 0.511. The van der Waals surface area contributed by atoms with E-state index in [1.807, 2.05) is 11.8 Å². The van der Waals surface area contributed by atoms with Crippen molar-refractivity contribution >= 4 is 11.8 Å².